The minimum Gasteiger partial charge on any atom is -0.307 e. The molecule has 4 heteroatoms. The molecule has 12 rings (SSSR count). The second kappa shape index (κ2) is 11.5. The lowest BCUT2D eigenvalue weighted by atomic mass is 10.00. The third-order valence-corrected chi connectivity index (χ3v) is 11.4. The van der Waals surface area contributed by atoms with Crippen molar-refractivity contribution in [1.29, 1.82) is 0 Å². The average Bonchev–Trinajstić information content (AvgIpc) is 3.93. The van der Waals surface area contributed by atoms with Gasteiger partial charge in [-0.25, -0.2) is 4.98 Å². The topological polar surface area (TPSA) is 27.7 Å². The molecule has 9 aromatic carbocycles. The van der Waals surface area contributed by atoms with E-state index in [1.54, 1.807) is 0 Å². The van der Waals surface area contributed by atoms with Crippen molar-refractivity contribution in [2.75, 3.05) is 0 Å². The van der Waals surface area contributed by atoms with Gasteiger partial charge in [-0.1, -0.05) is 152 Å². The second-order valence-corrected chi connectivity index (χ2v) is 14.3. The van der Waals surface area contributed by atoms with Crippen LogP contribution in [0, 0.1) is 0 Å². The molecule has 0 aliphatic carbocycles. The van der Waals surface area contributed by atoms with E-state index in [0.29, 0.717) is 0 Å². The Morgan fingerprint density at radius 3 is 1.36 bits per heavy atom. The highest BCUT2D eigenvalue weighted by atomic mass is 15.1. The zero-order valence-corrected chi connectivity index (χ0v) is 29.8. The largest absolute Gasteiger partial charge is 0.307 e. The molecule has 0 amide bonds. The fourth-order valence-corrected chi connectivity index (χ4v) is 9.12. The lowest BCUT2D eigenvalue weighted by Crippen LogP contribution is -2.02. The summed E-state index contributed by atoms with van der Waals surface area (Å²) in [6.45, 7) is 0. The molecule has 0 atom stereocenters. The van der Waals surface area contributed by atoms with Crippen molar-refractivity contribution in [1.82, 2.24) is 18.7 Å². The van der Waals surface area contributed by atoms with Gasteiger partial charge in [-0.05, 0) is 53.2 Å². The number of fused-ring (bicyclic) bond motifs is 13. The third-order valence-electron chi connectivity index (χ3n) is 11.4. The Balaban J connectivity index is 1.22. The number of imidazole rings is 1. The predicted octanol–water partition coefficient (Wildman–Crippen LogP) is 13.2. The van der Waals surface area contributed by atoms with Gasteiger partial charge in [0.05, 0.1) is 33.1 Å². The Hall–Kier alpha value is -7.43. The molecule has 0 radical (unpaired) electrons. The van der Waals surface area contributed by atoms with E-state index in [-0.39, 0.29) is 0 Å². The normalized spacial score (nSPS) is 12.0. The number of hydrogen-bond acceptors (Lipinski definition) is 1. The standard InChI is InChI=1S/C51H32N4/c1-3-16-33(17-4-1)51-52-47-41-26-9-7-22-37(41)38-23-8-10-27-42(38)48(47)55(51)36-21-15-20-35(32-36)54-46-29-14-12-25-40(46)44-31-30-43-39-24-11-13-28-45(39)53(49(43)50(44)54)34-18-5-2-6-19-34/h1-32H. The second-order valence-electron chi connectivity index (χ2n) is 14.3. The van der Waals surface area contributed by atoms with Crippen LogP contribution in [0.15, 0.2) is 194 Å². The maximum atomic E-state index is 5.49. The van der Waals surface area contributed by atoms with Crippen molar-refractivity contribution in [2.45, 2.75) is 0 Å². The van der Waals surface area contributed by atoms with Gasteiger partial charge in [0.15, 0.2) is 0 Å². The van der Waals surface area contributed by atoms with Crippen molar-refractivity contribution in [3.63, 3.8) is 0 Å². The number of nitrogens with zero attached hydrogens (tertiary/aromatic N) is 4. The molecule has 3 aromatic heterocycles. The zero-order chi connectivity index (χ0) is 36.0. The quantitative estimate of drug-likeness (QED) is 0.168. The van der Waals surface area contributed by atoms with E-state index >= 15 is 0 Å². The highest BCUT2D eigenvalue weighted by molar-refractivity contribution is 6.25. The van der Waals surface area contributed by atoms with Crippen LogP contribution in [0.3, 0.4) is 0 Å². The molecule has 0 bridgehead atoms. The summed E-state index contributed by atoms with van der Waals surface area (Å²) in [6.07, 6.45) is 0. The summed E-state index contributed by atoms with van der Waals surface area (Å²) < 4.78 is 7.30. The van der Waals surface area contributed by atoms with Gasteiger partial charge in [-0.2, -0.15) is 0 Å². The van der Waals surface area contributed by atoms with Crippen LogP contribution in [0.4, 0.5) is 0 Å². The van der Waals surface area contributed by atoms with Gasteiger partial charge >= 0.3 is 0 Å². The molecule has 0 fully saturated rings. The van der Waals surface area contributed by atoms with Gasteiger partial charge in [-0.3, -0.25) is 4.57 Å². The molecule has 3 heterocycles. The summed E-state index contributed by atoms with van der Waals surface area (Å²) in [5, 5.41) is 9.70. The molecule has 0 aliphatic heterocycles. The Kier molecular flexibility index (Phi) is 6.31. The minimum atomic E-state index is 0.920. The molecule has 256 valence electrons. The SMILES string of the molecule is c1ccc(-c2nc3c4ccccc4c4ccccc4c3n2-c2cccc(-n3c4ccccc4c4ccc5c6ccccc6n(-c6ccccc6)c5c43)c2)cc1. The van der Waals surface area contributed by atoms with E-state index in [4.69, 9.17) is 4.98 Å². The van der Waals surface area contributed by atoms with Gasteiger partial charge in [0.1, 0.15) is 5.82 Å². The van der Waals surface area contributed by atoms with Gasteiger partial charge in [0.25, 0.3) is 0 Å². The van der Waals surface area contributed by atoms with Crippen LogP contribution in [0.1, 0.15) is 0 Å². The molecule has 0 saturated heterocycles. The summed E-state index contributed by atoms with van der Waals surface area (Å²) in [4.78, 5) is 5.49. The Morgan fingerprint density at radius 1 is 0.291 bits per heavy atom. The molecular weight excluding hydrogens is 669 g/mol. The Morgan fingerprint density at radius 2 is 0.727 bits per heavy atom. The summed E-state index contributed by atoms with van der Waals surface area (Å²) in [5.74, 6) is 0.920. The summed E-state index contributed by atoms with van der Waals surface area (Å²) in [5.41, 5.74) is 11.2. The van der Waals surface area contributed by atoms with E-state index in [1.807, 2.05) is 0 Å². The van der Waals surface area contributed by atoms with Gasteiger partial charge in [-0.15, -0.1) is 0 Å². The summed E-state index contributed by atoms with van der Waals surface area (Å²) >= 11 is 0. The van der Waals surface area contributed by atoms with Crippen LogP contribution in [0.5, 0.6) is 0 Å². The highest BCUT2D eigenvalue weighted by Crippen LogP contribution is 2.43. The minimum absolute atomic E-state index is 0.920. The van der Waals surface area contributed by atoms with Crippen LogP contribution >= 0.6 is 0 Å². The van der Waals surface area contributed by atoms with E-state index in [9.17, 15) is 0 Å². The molecule has 4 nitrogen and oxygen atoms in total. The monoisotopic (exact) mass is 700 g/mol. The van der Waals surface area contributed by atoms with Crippen molar-refractivity contribution in [2.24, 2.45) is 0 Å². The van der Waals surface area contributed by atoms with Gasteiger partial charge < -0.3 is 9.13 Å². The molecule has 0 saturated carbocycles. The van der Waals surface area contributed by atoms with E-state index in [1.165, 1.54) is 59.8 Å². The molecular formula is C51H32N4. The van der Waals surface area contributed by atoms with E-state index in [2.05, 4.69) is 208 Å². The van der Waals surface area contributed by atoms with Crippen LogP contribution in [-0.4, -0.2) is 18.7 Å². The van der Waals surface area contributed by atoms with Crippen LogP contribution < -0.4 is 0 Å². The predicted molar refractivity (Wildman–Crippen MR) is 230 cm³/mol. The van der Waals surface area contributed by atoms with Crippen LogP contribution in [-0.2, 0) is 0 Å². The average molecular weight is 701 g/mol. The first-order valence-electron chi connectivity index (χ1n) is 18.8. The first-order valence-corrected chi connectivity index (χ1v) is 18.8. The van der Waals surface area contributed by atoms with Crippen molar-refractivity contribution in [3.8, 4) is 28.5 Å². The highest BCUT2D eigenvalue weighted by Gasteiger charge is 2.23. The number of para-hydroxylation sites is 3. The molecule has 0 aliphatic rings. The third kappa shape index (κ3) is 4.25. The molecule has 0 spiro atoms. The molecule has 12 aromatic rings. The first-order chi connectivity index (χ1) is 27.3. The van der Waals surface area contributed by atoms with Crippen LogP contribution in [0.25, 0.3) is 105 Å². The maximum Gasteiger partial charge on any atom is 0.145 e. The number of aromatic nitrogens is 4. The Bertz CT molecular complexity index is 3480. The summed E-state index contributed by atoms with van der Waals surface area (Å²) in [7, 11) is 0. The van der Waals surface area contributed by atoms with E-state index in [0.717, 1.165) is 44.9 Å². The van der Waals surface area contributed by atoms with Crippen molar-refractivity contribution in [3.05, 3.63) is 194 Å². The molecule has 55 heavy (non-hydrogen) atoms. The lowest BCUT2D eigenvalue weighted by Gasteiger charge is -2.16. The fraction of sp³-hybridized carbons (Fsp3) is 0. The van der Waals surface area contributed by atoms with Crippen molar-refractivity contribution < 1.29 is 0 Å². The lowest BCUT2D eigenvalue weighted by molar-refractivity contribution is 1.09. The Labute approximate surface area is 316 Å². The van der Waals surface area contributed by atoms with Gasteiger partial charge in [0, 0.05) is 54.9 Å². The fourth-order valence-electron chi connectivity index (χ4n) is 9.12. The number of hydrogen-bond donors (Lipinski definition) is 0. The van der Waals surface area contributed by atoms with E-state index < -0.39 is 0 Å². The molecule has 0 N–H and O–H groups in total. The zero-order valence-electron chi connectivity index (χ0n) is 29.8. The van der Waals surface area contributed by atoms with Crippen LogP contribution in [0.2, 0.25) is 0 Å². The molecule has 0 unspecified atom stereocenters. The van der Waals surface area contributed by atoms with Gasteiger partial charge in [0.2, 0.25) is 0 Å². The summed E-state index contributed by atoms with van der Waals surface area (Å²) in [6, 6.07) is 70.0. The number of benzene rings is 9. The smallest absolute Gasteiger partial charge is 0.145 e. The first kappa shape index (κ1) is 30.1. The van der Waals surface area contributed by atoms with Crippen molar-refractivity contribution >= 4 is 76.2 Å². The maximum absolute atomic E-state index is 5.49. The number of rotatable bonds is 4.